The van der Waals surface area contributed by atoms with Gasteiger partial charge in [-0.2, -0.15) is 0 Å². The van der Waals surface area contributed by atoms with Crippen molar-refractivity contribution >= 4 is 29.4 Å². The van der Waals surface area contributed by atoms with Crippen LogP contribution in [0.3, 0.4) is 0 Å². The summed E-state index contributed by atoms with van der Waals surface area (Å²) in [6, 6.07) is 8.40. The molecule has 0 aliphatic carbocycles. The number of aromatic nitrogens is 4. The third-order valence-corrected chi connectivity index (χ3v) is 3.15. The zero-order valence-electron chi connectivity index (χ0n) is 12.0. The van der Waals surface area contributed by atoms with Gasteiger partial charge in [0.05, 0.1) is 0 Å². The molecule has 0 spiro atoms. The second kappa shape index (κ2) is 6.50. The molecule has 2 N–H and O–H groups in total. The van der Waals surface area contributed by atoms with Crippen LogP contribution in [0.4, 0.5) is 5.95 Å². The van der Waals surface area contributed by atoms with E-state index >= 15 is 0 Å². The van der Waals surface area contributed by atoms with Gasteiger partial charge in [0.1, 0.15) is 18.6 Å². The van der Waals surface area contributed by atoms with Crippen molar-refractivity contribution in [1.29, 1.82) is 0 Å². The monoisotopic (exact) mass is 347 g/mol. The number of halogens is 1. The summed E-state index contributed by atoms with van der Waals surface area (Å²) in [6.07, 6.45) is 1.20. The molecule has 0 unspecified atom stereocenters. The van der Waals surface area contributed by atoms with Gasteiger partial charge in [0, 0.05) is 16.7 Å². The van der Waals surface area contributed by atoms with E-state index in [1.807, 2.05) is 0 Å². The summed E-state index contributed by atoms with van der Waals surface area (Å²) in [7, 11) is 0. The quantitative estimate of drug-likeness (QED) is 0.722. The minimum Gasteiger partial charge on any atom is -0.480 e. The molecule has 122 valence electrons. The molecule has 3 aromatic rings. The molecule has 10 heteroatoms. The number of carbonyl (C=O) groups is 2. The van der Waals surface area contributed by atoms with Crippen molar-refractivity contribution in [3.8, 4) is 11.3 Å². The third-order valence-electron chi connectivity index (χ3n) is 2.91. The molecule has 1 amide bonds. The number of carboxylic acids is 1. The number of amides is 1. The molecule has 0 aliphatic rings. The van der Waals surface area contributed by atoms with E-state index in [2.05, 4.69) is 20.6 Å². The van der Waals surface area contributed by atoms with Crippen LogP contribution in [0.5, 0.6) is 0 Å². The van der Waals surface area contributed by atoms with E-state index < -0.39 is 11.9 Å². The van der Waals surface area contributed by atoms with Crippen molar-refractivity contribution in [2.75, 3.05) is 5.32 Å². The van der Waals surface area contributed by atoms with Crippen LogP contribution in [0.15, 0.2) is 41.2 Å². The highest BCUT2D eigenvalue weighted by atomic mass is 35.5. The van der Waals surface area contributed by atoms with E-state index in [4.69, 9.17) is 21.2 Å². The van der Waals surface area contributed by atoms with E-state index in [0.29, 0.717) is 16.3 Å². The maximum Gasteiger partial charge on any atom is 0.325 e. The number of hydrogen-bond donors (Lipinski definition) is 2. The third kappa shape index (κ3) is 3.58. The van der Waals surface area contributed by atoms with Gasteiger partial charge in [-0.15, -0.1) is 5.10 Å². The predicted molar refractivity (Wildman–Crippen MR) is 82.6 cm³/mol. The van der Waals surface area contributed by atoms with Crippen molar-refractivity contribution in [3.05, 3.63) is 47.4 Å². The average molecular weight is 348 g/mol. The summed E-state index contributed by atoms with van der Waals surface area (Å²) in [5.41, 5.74) is 1.15. The number of rotatable bonds is 5. The first-order valence-electron chi connectivity index (χ1n) is 6.66. The topological polar surface area (TPSA) is 123 Å². The van der Waals surface area contributed by atoms with Gasteiger partial charge < -0.3 is 9.63 Å². The summed E-state index contributed by atoms with van der Waals surface area (Å²) in [5.74, 6) is -1.76. The molecule has 0 fully saturated rings. The molecule has 0 bridgehead atoms. The SMILES string of the molecule is O=C(O)Cn1cnc(NC(=O)c2cc(-c3cccc(Cl)c3)no2)n1. The molecular weight excluding hydrogens is 338 g/mol. The fraction of sp³-hybridized carbons (Fsp3) is 0.0714. The van der Waals surface area contributed by atoms with Gasteiger partial charge >= 0.3 is 5.97 Å². The van der Waals surface area contributed by atoms with Crippen LogP contribution >= 0.6 is 11.6 Å². The fourth-order valence-electron chi connectivity index (χ4n) is 1.90. The average Bonchev–Trinajstić information content (AvgIpc) is 3.16. The van der Waals surface area contributed by atoms with Crippen LogP contribution in [0.1, 0.15) is 10.6 Å². The fourth-order valence-corrected chi connectivity index (χ4v) is 2.09. The molecule has 1 aromatic carbocycles. The first-order chi connectivity index (χ1) is 11.5. The van der Waals surface area contributed by atoms with Gasteiger partial charge in [0.25, 0.3) is 5.91 Å². The van der Waals surface area contributed by atoms with E-state index in [-0.39, 0.29) is 18.3 Å². The Morgan fingerprint density at radius 1 is 1.33 bits per heavy atom. The Morgan fingerprint density at radius 3 is 2.92 bits per heavy atom. The molecule has 2 aromatic heterocycles. The molecule has 0 saturated heterocycles. The Kier molecular flexibility index (Phi) is 4.25. The number of carbonyl (C=O) groups excluding carboxylic acids is 1. The van der Waals surface area contributed by atoms with Crippen LogP contribution < -0.4 is 5.32 Å². The number of aliphatic carboxylic acids is 1. The van der Waals surface area contributed by atoms with Gasteiger partial charge in [-0.3, -0.25) is 14.9 Å². The summed E-state index contributed by atoms with van der Waals surface area (Å²) in [5, 5.41) is 19.2. The summed E-state index contributed by atoms with van der Waals surface area (Å²) in [6.45, 7) is -0.357. The van der Waals surface area contributed by atoms with Crippen molar-refractivity contribution in [2.24, 2.45) is 0 Å². The van der Waals surface area contributed by atoms with Gasteiger partial charge in [-0.25, -0.2) is 9.67 Å². The van der Waals surface area contributed by atoms with Gasteiger partial charge in [0.2, 0.25) is 11.7 Å². The second-order valence-corrected chi connectivity index (χ2v) is 5.14. The van der Waals surface area contributed by atoms with Gasteiger partial charge in [-0.1, -0.05) is 28.9 Å². The van der Waals surface area contributed by atoms with Crippen molar-refractivity contribution < 1.29 is 19.2 Å². The molecule has 0 saturated carbocycles. The standard InChI is InChI=1S/C14H10ClN5O4/c15-9-3-1-2-8(4-9)10-5-11(24-19-10)13(23)17-14-16-7-20(18-14)6-12(21)22/h1-5,7H,6H2,(H,21,22)(H,17,18,23). The van der Waals surface area contributed by atoms with E-state index in [1.54, 1.807) is 24.3 Å². The van der Waals surface area contributed by atoms with Crippen LogP contribution in [0.25, 0.3) is 11.3 Å². The summed E-state index contributed by atoms with van der Waals surface area (Å²) in [4.78, 5) is 26.4. The maximum atomic E-state index is 12.1. The Hall–Kier alpha value is -3.20. The zero-order chi connectivity index (χ0) is 17.1. The first kappa shape index (κ1) is 15.7. The van der Waals surface area contributed by atoms with E-state index in [1.165, 1.54) is 12.4 Å². The van der Waals surface area contributed by atoms with E-state index in [9.17, 15) is 9.59 Å². The van der Waals surface area contributed by atoms with Gasteiger partial charge in [-0.05, 0) is 12.1 Å². The Labute approximate surface area is 139 Å². The molecule has 24 heavy (non-hydrogen) atoms. The van der Waals surface area contributed by atoms with Crippen molar-refractivity contribution in [3.63, 3.8) is 0 Å². The normalized spacial score (nSPS) is 10.5. The molecule has 0 atom stereocenters. The second-order valence-electron chi connectivity index (χ2n) is 4.70. The van der Waals surface area contributed by atoms with Crippen LogP contribution in [0, 0.1) is 0 Å². The lowest BCUT2D eigenvalue weighted by atomic mass is 10.1. The minimum absolute atomic E-state index is 0.0399. The summed E-state index contributed by atoms with van der Waals surface area (Å²) < 4.78 is 6.08. The van der Waals surface area contributed by atoms with Crippen molar-refractivity contribution in [1.82, 2.24) is 19.9 Å². The molecule has 0 radical (unpaired) electrons. The number of nitrogens with zero attached hydrogens (tertiary/aromatic N) is 4. The molecule has 3 rings (SSSR count). The minimum atomic E-state index is -1.07. The molecule has 2 heterocycles. The predicted octanol–water partition coefficient (Wildman–Crippen LogP) is 1.92. The number of hydrogen-bond acceptors (Lipinski definition) is 6. The zero-order valence-corrected chi connectivity index (χ0v) is 12.8. The lowest BCUT2D eigenvalue weighted by Crippen LogP contribution is -2.13. The molecule has 9 nitrogen and oxygen atoms in total. The number of carboxylic acid groups (broad SMARTS) is 1. The highest BCUT2D eigenvalue weighted by Gasteiger charge is 2.16. The highest BCUT2D eigenvalue weighted by molar-refractivity contribution is 6.30. The highest BCUT2D eigenvalue weighted by Crippen LogP contribution is 2.22. The Morgan fingerprint density at radius 2 is 2.17 bits per heavy atom. The van der Waals surface area contributed by atoms with Crippen LogP contribution in [-0.2, 0) is 11.3 Å². The maximum absolute atomic E-state index is 12.1. The lowest BCUT2D eigenvalue weighted by molar-refractivity contribution is -0.137. The Balaban J connectivity index is 1.72. The largest absolute Gasteiger partial charge is 0.480 e. The first-order valence-corrected chi connectivity index (χ1v) is 7.04. The van der Waals surface area contributed by atoms with Crippen LogP contribution in [0.2, 0.25) is 5.02 Å². The summed E-state index contributed by atoms with van der Waals surface area (Å²) >= 11 is 5.91. The Bertz CT molecular complexity index is 904. The number of anilines is 1. The van der Waals surface area contributed by atoms with Crippen molar-refractivity contribution in [2.45, 2.75) is 6.54 Å². The lowest BCUT2D eigenvalue weighted by Gasteiger charge is -1.96. The van der Waals surface area contributed by atoms with E-state index in [0.717, 1.165) is 4.68 Å². The smallest absolute Gasteiger partial charge is 0.325 e. The van der Waals surface area contributed by atoms with Gasteiger partial charge in [0.15, 0.2) is 0 Å². The number of nitrogens with one attached hydrogen (secondary N) is 1. The number of benzene rings is 1. The van der Waals surface area contributed by atoms with Crippen LogP contribution in [-0.4, -0.2) is 36.9 Å². The molecular formula is C14H10ClN5O4. The molecule has 0 aliphatic heterocycles.